The second-order valence-electron chi connectivity index (χ2n) is 5.56. The molecule has 1 aromatic rings. The van der Waals surface area contributed by atoms with Crippen LogP contribution < -0.4 is 14.8 Å². The number of benzene rings is 1. The molecule has 0 aliphatic rings. The highest BCUT2D eigenvalue weighted by atomic mass is 16.6. The van der Waals surface area contributed by atoms with Crippen molar-refractivity contribution in [2.45, 2.75) is 20.8 Å². The van der Waals surface area contributed by atoms with Gasteiger partial charge in [0.05, 0.1) is 7.11 Å². The van der Waals surface area contributed by atoms with E-state index in [-0.39, 0.29) is 19.1 Å². The number of carbonyl (C=O) groups is 2. The van der Waals surface area contributed by atoms with Crippen LogP contribution in [0.4, 0.5) is 0 Å². The molecular weight excluding hydrogens is 310 g/mol. The van der Waals surface area contributed by atoms with E-state index in [0.29, 0.717) is 24.0 Å². The van der Waals surface area contributed by atoms with Crippen LogP contribution in [0.1, 0.15) is 26.3 Å². The van der Waals surface area contributed by atoms with Gasteiger partial charge in [0.15, 0.2) is 24.7 Å². The van der Waals surface area contributed by atoms with E-state index >= 15 is 0 Å². The number of hydrogen-bond acceptors (Lipinski definition) is 5. The van der Waals surface area contributed by atoms with E-state index in [1.807, 2.05) is 39.0 Å². The van der Waals surface area contributed by atoms with E-state index in [4.69, 9.17) is 14.2 Å². The van der Waals surface area contributed by atoms with Crippen molar-refractivity contribution < 1.29 is 23.8 Å². The Labute approximate surface area is 142 Å². The molecule has 0 heterocycles. The maximum absolute atomic E-state index is 11.6. The Morgan fingerprint density at radius 1 is 1.21 bits per heavy atom. The van der Waals surface area contributed by atoms with Gasteiger partial charge in [-0.2, -0.15) is 0 Å². The first-order valence-electron chi connectivity index (χ1n) is 7.82. The Kier molecular flexibility index (Phi) is 8.39. The van der Waals surface area contributed by atoms with Gasteiger partial charge in [-0.15, -0.1) is 0 Å². The van der Waals surface area contributed by atoms with Gasteiger partial charge in [0, 0.05) is 6.54 Å². The highest BCUT2D eigenvalue weighted by Crippen LogP contribution is 2.28. The Morgan fingerprint density at radius 2 is 1.96 bits per heavy atom. The van der Waals surface area contributed by atoms with Gasteiger partial charge in [-0.3, -0.25) is 4.79 Å². The summed E-state index contributed by atoms with van der Waals surface area (Å²) in [6.45, 7) is 5.82. The number of ether oxygens (including phenoxy) is 3. The predicted molar refractivity (Wildman–Crippen MR) is 92.0 cm³/mol. The third kappa shape index (κ3) is 7.17. The molecule has 0 radical (unpaired) electrons. The van der Waals surface area contributed by atoms with E-state index in [1.54, 1.807) is 12.1 Å². The fraction of sp³-hybridized carbons (Fsp3) is 0.444. The van der Waals surface area contributed by atoms with E-state index in [0.717, 1.165) is 5.56 Å². The fourth-order valence-electron chi connectivity index (χ4n) is 1.79. The van der Waals surface area contributed by atoms with E-state index in [9.17, 15) is 9.59 Å². The quantitative estimate of drug-likeness (QED) is 0.702. The molecule has 1 aromatic carbocycles. The van der Waals surface area contributed by atoms with Crippen molar-refractivity contribution in [3.8, 4) is 11.5 Å². The number of methoxy groups -OCH3 is 1. The lowest BCUT2D eigenvalue weighted by Gasteiger charge is -2.11. The molecule has 1 amide bonds. The highest BCUT2D eigenvalue weighted by Gasteiger charge is 2.11. The maximum atomic E-state index is 11.6. The summed E-state index contributed by atoms with van der Waals surface area (Å²) >= 11 is 0. The van der Waals surface area contributed by atoms with E-state index in [1.165, 1.54) is 7.11 Å². The van der Waals surface area contributed by atoms with Crippen molar-refractivity contribution in [2.75, 3.05) is 26.9 Å². The lowest BCUT2D eigenvalue weighted by atomic mass is 10.2. The Bertz CT molecular complexity index is 581. The zero-order valence-corrected chi connectivity index (χ0v) is 14.6. The van der Waals surface area contributed by atoms with Crippen molar-refractivity contribution in [3.63, 3.8) is 0 Å². The minimum atomic E-state index is -0.616. The zero-order valence-electron chi connectivity index (χ0n) is 14.6. The van der Waals surface area contributed by atoms with Crippen LogP contribution in [0.5, 0.6) is 11.5 Å². The van der Waals surface area contributed by atoms with E-state index in [2.05, 4.69) is 5.32 Å². The van der Waals surface area contributed by atoms with Gasteiger partial charge in [0.25, 0.3) is 5.91 Å². The molecule has 1 rings (SSSR count). The largest absolute Gasteiger partial charge is 0.493 e. The number of allylic oxidation sites excluding steroid dienone is 1. The van der Waals surface area contributed by atoms with Gasteiger partial charge in [-0.1, -0.05) is 32.1 Å². The Morgan fingerprint density at radius 3 is 2.58 bits per heavy atom. The van der Waals surface area contributed by atoms with Gasteiger partial charge in [-0.25, -0.2) is 4.79 Å². The summed E-state index contributed by atoms with van der Waals surface area (Å²) in [6.07, 6.45) is 3.84. The summed E-state index contributed by atoms with van der Waals surface area (Å²) in [4.78, 5) is 23.1. The molecule has 1 N–H and O–H groups in total. The van der Waals surface area contributed by atoms with Crippen LogP contribution in [-0.4, -0.2) is 38.7 Å². The number of amides is 1. The van der Waals surface area contributed by atoms with Gasteiger partial charge < -0.3 is 19.5 Å². The minimum Gasteiger partial charge on any atom is -0.493 e. The molecule has 132 valence electrons. The molecule has 0 aliphatic heterocycles. The second-order valence-corrected chi connectivity index (χ2v) is 5.56. The SMILES string of the molecule is C/C=C/c1ccc(OCC(=O)OCC(=O)NCC(C)C)c(OC)c1. The normalized spacial score (nSPS) is 10.7. The van der Waals surface area contributed by atoms with Gasteiger partial charge in [-0.05, 0) is 30.5 Å². The summed E-state index contributed by atoms with van der Waals surface area (Å²) in [5, 5.41) is 2.66. The average molecular weight is 335 g/mol. The van der Waals surface area contributed by atoms with Crippen LogP contribution in [0.2, 0.25) is 0 Å². The molecule has 0 bridgehead atoms. The summed E-state index contributed by atoms with van der Waals surface area (Å²) in [7, 11) is 1.53. The third-order valence-electron chi connectivity index (χ3n) is 2.96. The average Bonchev–Trinajstić information content (AvgIpc) is 2.56. The topological polar surface area (TPSA) is 73.9 Å². The Hall–Kier alpha value is -2.50. The monoisotopic (exact) mass is 335 g/mol. The molecule has 0 spiro atoms. The number of rotatable bonds is 9. The van der Waals surface area contributed by atoms with Crippen LogP contribution in [0.3, 0.4) is 0 Å². The van der Waals surface area contributed by atoms with Crippen LogP contribution in [0.25, 0.3) is 6.08 Å². The van der Waals surface area contributed by atoms with Gasteiger partial charge in [0.2, 0.25) is 0 Å². The first-order valence-corrected chi connectivity index (χ1v) is 7.82. The standard InChI is InChI=1S/C18H25NO5/c1-5-6-14-7-8-15(16(9-14)22-4)23-12-18(21)24-11-17(20)19-10-13(2)3/h5-9,13H,10-12H2,1-4H3,(H,19,20)/b6-5+. The number of nitrogens with one attached hydrogen (secondary N) is 1. The lowest BCUT2D eigenvalue weighted by Crippen LogP contribution is -2.32. The summed E-state index contributed by atoms with van der Waals surface area (Å²) in [5.74, 6) is 0.352. The Balaban J connectivity index is 2.45. The minimum absolute atomic E-state index is 0.295. The van der Waals surface area contributed by atoms with Crippen LogP contribution in [0.15, 0.2) is 24.3 Å². The molecule has 0 aliphatic carbocycles. The molecule has 6 nitrogen and oxygen atoms in total. The third-order valence-corrected chi connectivity index (χ3v) is 2.96. The molecule has 0 saturated carbocycles. The van der Waals surface area contributed by atoms with Crippen LogP contribution >= 0.6 is 0 Å². The molecule has 0 atom stereocenters. The summed E-state index contributed by atoms with van der Waals surface area (Å²) < 4.78 is 15.5. The molecule has 6 heteroatoms. The van der Waals surface area contributed by atoms with Crippen molar-refractivity contribution in [1.82, 2.24) is 5.32 Å². The molecule has 24 heavy (non-hydrogen) atoms. The maximum Gasteiger partial charge on any atom is 0.344 e. The molecule has 0 fully saturated rings. The highest BCUT2D eigenvalue weighted by molar-refractivity contribution is 5.80. The first-order chi connectivity index (χ1) is 11.5. The van der Waals surface area contributed by atoms with Crippen LogP contribution in [0, 0.1) is 5.92 Å². The van der Waals surface area contributed by atoms with Gasteiger partial charge in [0.1, 0.15) is 0 Å². The lowest BCUT2D eigenvalue weighted by molar-refractivity contribution is -0.150. The molecule has 0 saturated heterocycles. The van der Waals surface area contributed by atoms with Crippen molar-refractivity contribution in [3.05, 3.63) is 29.8 Å². The smallest absolute Gasteiger partial charge is 0.344 e. The first kappa shape index (κ1) is 19.5. The molecule has 0 aromatic heterocycles. The van der Waals surface area contributed by atoms with Crippen molar-refractivity contribution in [1.29, 1.82) is 0 Å². The van der Waals surface area contributed by atoms with Gasteiger partial charge >= 0.3 is 5.97 Å². The summed E-state index contributed by atoms with van der Waals surface area (Å²) in [5.41, 5.74) is 0.964. The predicted octanol–water partition coefficient (Wildman–Crippen LogP) is 2.42. The number of carbonyl (C=O) groups excluding carboxylic acids is 2. The molecule has 0 unspecified atom stereocenters. The van der Waals surface area contributed by atoms with Crippen LogP contribution in [-0.2, 0) is 14.3 Å². The second kappa shape index (κ2) is 10.3. The van der Waals surface area contributed by atoms with E-state index < -0.39 is 5.97 Å². The number of esters is 1. The summed E-state index contributed by atoms with van der Waals surface area (Å²) in [6, 6.07) is 5.37. The zero-order chi connectivity index (χ0) is 17.9. The van der Waals surface area contributed by atoms with Crippen molar-refractivity contribution >= 4 is 18.0 Å². The number of hydrogen-bond donors (Lipinski definition) is 1. The fourth-order valence-corrected chi connectivity index (χ4v) is 1.79. The van der Waals surface area contributed by atoms with Crippen molar-refractivity contribution in [2.24, 2.45) is 5.92 Å². The molecular formula is C18H25NO5.